The Balaban J connectivity index is 1.41. The van der Waals surface area contributed by atoms with Crippen LogP contribution in [0.2, 0.25) is 13.1 Å². The molecule has 4 heterocycles. The van der Waals surface area contributed by atoms with E-state index in [9.17, 15) is 24.0 Å². The van der Waals surface area contributed by atoms with E-state index in [1.54, 1.807) is 65.2 Å². The molecule has 2 aromatic carbocycles. The van der Waals surface area contributed by atoms with Gasteiger partial charge < -0.3 is 28.8 Å². The van der Waals surface area contributed by atoms with Crippen LogP contribution in [0, 0.1) is 0 Å². The highest BCUT2D eigenvalue weighted by Crippen LogP contribution is 2.41. The van der Waals surface area contributed by atoms with Gasteiger partial charge in [-0.25, -0.2) is 19.4 Å². The second-order valence-electron chi connectivity index (χ2n) is 17.3. The van der Waals surface area contributed by atoms with Gasteiger partial charge in [0.1, 0.15) is 17.8 Å². The number of nitrogens with zero attached hydrogens (tertiary/aromatic N) is 2. The largest absolute Gasteiger partial charge is 0.457 e. The minimum Gasteiger partial charge on any atom is -0.457 e. The maximum Gasteiger partial charge on any atom is 0.412 e. The number of hydrogen-bond donors (Lipinski definition) is 2. The summed E-state index contributed by atoms with van der Waals surface area (Å²) in [5.41, 5.74) is 1.41. The molecule has 14 heteroatoms. The molecular formula is C43H52N4O9Si. The highest BCUT2D eigenvalue weighted by Gasteiger charge is 2.50. The second kappa shape index (κ2) is 15.4. The van der Waals surface area contributed by atoms with Crippen molar-refractivity contribution < 1.29 is 38.1 Å². The number of esters is 2. The van der Waals surface area contributed by atoms with Crippen LogP contribution >= 0.6 is 0 Å². The number of ether oxygens (including phenoxy) is 4. The third-order valence-electron chi connectivity index (χ3n) is 9.98. The minimum atomic E-state index is -2.42. The van der Waals surface area contributed by atoms with Gasteiger partial charge in [-0.05, 0) is 95.4 Å². The Morgan fingerprint density at radius 2 is 1.61 bits per heavy atom. The lowest BCUT2D eigenvalue weighted by atomic mass is 9.85. The zero-order valence-electron chi connectivity index (χ0n) is 34.2. The Kier molecular flexibility index (Phi) is 11.1. The Hall–Kier alpha value is -5.50. The SMILES string of the molecule is CCC1(OC(=O)CCCNC(=O)OC(C)(C)C)C(=O)OCc2c1cc1n(c2=O)Cc2c-1nc1ccc(NC(=O)OC(C)(C)C)cc1c2[Si](C)(C)Cc1ccccc1. The number of fused-ring (bicyclic) bond motifs is 5. The average Bonchev–Trinajstić information content (AvgIpc) is 3.47. The van der Waals surface area contributed by atoms with Crippen molar-refractivity contribution in [2.24, 2.45) is 0 Å². The first-order valence-electron chi connectivity index (χ1n) is 19.4. The maximum atomic E-state index is 14.5. The fraction of sp³-hybridized carbons (Fsp3) is 0.442. The number of rotatable bonds is 10. The van der Waals surface area contributed by atoms with Gasteiger partial charge in [0.15, 0.2) is 0 Å². The summed E-state index contributed by atoms with van der Waals surface area (Å²) in [5.74, 6) is -1.43. The molecule has 0 saturated carbocycles. The van der Waals surface area contributed by atoms with Crippen molar-refractivity contribution in [1.82, 2.24) is 14.9 Å². The van der Waals surface area contributed by atoms with Gasteiger partial charge in [-0.3, -0.25) is 14.9 Å². The first-order valence-corrected chi connectivity index (χ1v) is 22.6. The molecule has 2 amide bonds. The van der Waals surface area contributed by atoms with Crippen molar-refractivity contribution >= 4 is 54.0 Å². The lowest BCUT2D eigenvalue weighted by Gasteiger charge is -2.35. The molecule has 1 unspecified atom stereocenters. The molecule has 13 nitrogen and oxygen atoms in total. The topological polar surface area (TPSA) is 164 Å². The molecule has 302 valence electrons. The van der Waals surface area contributed by atoms with Gasteiger partial charge in [-0.15, -0.1) is 0 Å². The Morgan fingerprint density at radius 3 is 2.28 bits per heavy atom. The van der Waals surface area contributed by atoms with E-state index in [2.05, 4.69) is 35.9 Å². The predicted octanol–water partition coefficient (Wildman–Crippen LogP) is 6.98. The average molecular weight is 797 g/mol. The van der Waals surface area contributed by atoms with E-state index in [1.807, 2.05) is 30.3 Å². The summed E-state index contributed by atoms with van der Waals surface area (Å²) < 4.78 is 24.0. The fourth-order valence-electron chi connectivity index (χ4n) is 7.69. The third kappa shape index (κ3) is 8.75. The normalized spacial score (nSPS) is 16.2. The lowest BCUT2D eigenvalue weighted by molar-refractivity contribution is -0.189. The Labute approximate surface area is 333 Å². The number of anilines is 1. The van der Waals surface area contributed by atoms with Crippen LogP contribution in [0.15, 0.2) is 59.4 Å². The van der Waals surface area contributed by atoms with Crippen LogP contribution in [0.25, 0.3) is 22.3 Å². The number of nitrogens with one attached hydrogen (secondary N) is 2. The molecule has 0 saturated heterocycles. The molecule has 1 atom stereocenters. The molecule has 2 aliphatic rings. The molecule has 0 aliphatic carbocycles. The number of hydrogen-bond acceptors (Lipinski definition) is 10. The van der Waals surface area contributed by atoms with E-state index in [1.165, 1.54) is 5.56 Å². The second-order valence-corrected chi connectivity index (χ2v) is 21.9. The minimum absolute atomic E-state index is 0.0251. The lowest BCUT2D eigenvalue weighted by Crippen LogP contribution is -2.47. The summed E-state index contributed by atoms with van der Waals surface area (Å²) in [4.78, 5) is 71.5. The number of benzene rings is 2. The number of aromatic nitrogens is 2. The smallest absolute Gasteiger partial charge is 0.412 e. The van der Waals surface area contributed by atoms with Gasteiger partial charge in [0, 0.05) is 29.6 Å². The van der Waals surface area contributed by atoms with Crippen molar-refractivity contribution in [3.63, 3.8) is 0 Å². The van der Waals surface area contributed by atoms with Gasteiger partial charge in [-0.1, -0.05) is 55.9 Å². The summed E-state index contributed by atoms with van der Waals surface area (Å²) in [6.45, 7) is 17.1. The molecule has 6 rings (SSSR count). The van der Waals surface area contributed by atoms with Gasteiger partial charge in [-0.2, -0.15) is 0 Å². The maximum absolute atomic E-state index is 14.5. The predicted molar refractivity (Wildman–Crippen MR) is 219 cm³/mol. The number of carbonyl (C=O) groups is 4. The molecule has 0 fully saturated rings. The van der Waals surface area contributed by atoms with E-state index in [0.29, 0.717) is 22.6 Å². The van der Waals surface area contributed by atoms with Gasteiger partial charge in [0.25, 0.3) is 5.56 Å². The molecule has 2 N–H and O–H groups in total. The van der Waals surface area contributed by atoms with E-state index >= 15 is 0 Å². The Morgan fingerprint density at radius 1 is 0.930 bits per heavy atom. The zero-order valence-corrected chi connectivity index (χ0v) is 35.2. The highest BCUT2D eigenvalue weighted by atomic mass is 28.3. The first-order chi connectivity index (χ1) is 26.7. The molecular weight excluding hydrogens is 745 g/mol. The van der Waals surface area contributed by atoms with Crippen LogP contribution in [0.4, 0.5) is 15.3 Å². The fourth-order valence-corrected chi connectivity index (χ4v) is 11.1. The molecule has 2 aromatic heterocycles. The van der Waals surface area contributed by atoms with Crippen LogP contribution in [-0.4, -0.2) is 59.5 Å². The van der Waals surface area contributed by atoms with Crippen LogP contribution in [-0.2, 0) is 53.3 Å². The molecule has 57 heavy (non-hydrogen) atoms. The monoisotopic (exact) mass is 796 g/mol. The molecule has 2 aliphatic heterocycles. The van der Waals surface area contributed by atoms with Crippen molar-refractivity contribution in [3.8, 4) is 11.4 Å². The number of pyridine rings is 2. The van der Waals surface area contributed by atoms with Crippen LogP contribution in [0.5, 0.6) is 0 Å². The molecule has 0 bridgehead atoms. The quantitative estimate of drug-likeness (QED) is 0.0652. The molecule has 0 spiro atoms. The van der Waals surface area contributed by atoms with Crippen molar-refractivity contribution in [3.05, 3.63) is 87.2 Å². The van der Waals surface area contributed by atoms with Gasteiger partial charge in [0.05, 0.1) is 37.1 Å². The number of cyclic esters (lactones) is 1. The van der Waals surface area contributed by atoms with Crippen LogP contribution in [0.3, 0.4) is 0 Å². The summed E-state index contributed by atoms with van der Waals surface area (Å²) in [7, 11) is -2.42. The Bertz CT molecular complexity index is 2310. The van der Waals surface area contributed by atoms with E-state index in [0.717, 1.165) is 22.2 Å². The number of amides is 2. The first kappa shape index (κ1) is 41.1. The van der Waals surface area contributed by atoms with E-state index in [4.69, 9.17) is 23.9 Å². The van der Waals surface area contributed by atoms with E-state index in [-0.39, 0.29) is 55.6 Å². The number of alkyl carbamates (subject to hydrolysis) is 1. The summed E-state index contributed by atoms with van der Waals surface area (Å²) in [5, 5.41) is 7.46. The van der Waals surface area contributed by atoms with Crippen molar-refractivity contribution in [2.45, 2.75) is 117 Å². The van der Waals surface area contributed by atoms with E-state index < -0.39 is 49.0 Å². The van der Waals surface area contributed by atoms with Gasteiger partial charge in [0.2, 0.25) is 5.60 Å². The number of carbonyl (C=O) groups excluding carboxylic acids is 4. The van der Waals surface area contributed by atoms with Crippen molar-refractivity contribution in [2.75, 3.05) is 11.9 Å². The summed E-state index contributed by atoms with van der Waals surface area (Å²) >= 11 is 0. The van der Waals surface area contributed by atoms with Crippen LogP contribution < -0.4 is 21.4 Å². The third-order valence-corrected chi connectivity index (χ3v) is 13.2. The van der Waals surface area contributed by atoms with Crippen molar-refractivity contribution in [1.29, 1.82) is 0 Å². The standard InChI is InChI=1S/C43H52N4O9Si/c1-10-43(54-34(48)17-14-20-44-39(51)55-41(2,3)4)31-22-33-35-29(23-47(33)37(49)30(31)24-53-38(43)50)36(57(8,9)25-26-15-12-11-13-16-26)28-21-27(18-19-32(28)46-35)45-40(52)56-42(5,6)7/h11-13,15-16,18-19,21-22H,10,14,17,20,23-25H2,1-9H3,(H,44,51)(H,45,52). The summed E-state index contributed by atoms with van der Waals surface area (Å²) in [6.07, 6.45) is -1.02. The highest BCUT2D eigenvalue weighted by molar-refractivity contribution is 6.91. The van der Waals surface area contributed by atoms with Gasteiger partial charge >= 0.3 is 24.1 Å². The van der Waals surface area contributed by atoms with Crippen LogP contribution in [0.1, 0.15) is 90.0 Å². The molecule has 4 aromatic rings. The molecule has 0 radical (unpaired) electrons. The zero-order chi connectivity index (χ0) is 41.5. The summed E-state index contributed by atoms with van der Waals surface area (Å²) in [6, 6.07) is 18.4.